The van der Waals surface area contributed by atoms with Crippen molar-refractivity contribution >= 4 is 21.6 Å². The molecule has 0 bridgehead atoms. The molecule has 0 aliphatic carbocycles. The summed E-state index contributed by atoms with van der Waals surface area (Å²) >= 11 is 5.74. The molecular formula is C13H20ClN3O3S. The van der Waals surface area contributed by atoms with Gasteiger partial charge in [-0.1, -0.05) is 11.6 Å². The lowest BCUT2D eigenvalue weighted by atomic mass is 10.0. The number of nitrogens with one attached hydrogen (secondary N) is 1. The van der Waals surface area contributed by atoms with Crippen LogP contribution in [0.15, 0.2) is 23.2 Å². The Bertz CT molecular complexity index is 586. The van der Waals surface area contributed by atoms with E-state index in [1.807, 2.05) is 13.8 Å². The van der Waals surface area contributed by atoms with Crippen LogP contribution in [0, 0.1) is 0 Å². The van der Waals surface area contributed by atoms with Crippen molar-refractivity contribution in [1.29, 1.82) is 0 Å². The largest absolute Gasteiger partial charge is 0.379 e. The van der Waals surface area contributed by atoms with Gasteiger partial charge in [-0.15, -0.1) is 0 Å². The highest BCUT2D eigenvalue weighted by Gasteiger charge is 2.30. The van der Waals surface area contributed by atoms with Crippen LogP contribution in [-0.2, 0) is 14.8 Å². The van der Waals surface area contributed by atoms with Crippen LogP contribution in [-0.4, -0.2) is 56.7 Å². The molecule has 0 atom stereocenters. The number of aromatic nitrogens is 1. The predicted octanol–water partition coefficient (Wildman–Crippen LogP) is 1.12. The van der Waals surface area contributed by atoms with Crippen LogP contribution in [0.1, 0.15) is 13.8 Å². The molecule has 1 aliphatic rings. The van der Waals surface area contributed by atoms with Crippen LogP contribution in [0.3, 0.4) is 0 Å². The molecule has 118 valence electrons. The number of hydrogen-bond acceptors (Lipinski definition) is 5. The van der Waals surface area contributed by atoms with E-state index in [-0.39, 0.29) is 15.6 Å². The van der Waals surface area contributed by atoms with E-state index in [0.29, 0.717) is 19.8 Å². The molecule has 0 amide bonds. The average Bonchev–Trinajstić information content (AvgIpc) is 2.46. The summed E-state index contributed by atoms with van der Waals surface area (Å²) in [7, 11) is -3.59. The van der Waals surface area contributed by atoms with Gasteiger partial charge in [0.25, 0.3) is 0 Å². The van der Waals surface area contributed by atoms with Crippen molar-refractivity contribution in [3.63, 3.8) is 0 Å². The Morgan fingerprint density at radius 3 is 2.71 bits per heavy atom. The highest BCUT2D eigenvalue weighted by Crippen LogP contribution is 2.17. The molecule has 1 aliphatic heterocycles. The third kappa shape index (κ3) is 4.37. The molecule has 2 heterocycles. The van der Waals surface area contributed by atoms with E-state index in [1.165, 1.54) is 18.3 Å². The van der Waals surface area contributed by atoms with Crippen molar-refractivity contribution in [2.45, 2.75) is 24.3 Å². The first-order valence-corrected chi connectivity index (χ1v) is 8.61. The summed E-state index contributed by atoms with van der Waals surface area (Å²) in [5, 5.41) is 0.158. The lowest BCUT2D eigenvalue weighted by Gasteiger charge is -2.40. The Kier molecular flexibility index (Phi) is 5.21. The highest BCUT2D eigenvalue weighted by molar-refractivity contribution is 7.89. The number of morpholine rings is 1. The number of halogens is 1. The molecule has 0 unspecified atom stereocenters. The maximum absolute atomic E-state index is 12.3. The van der Waals surface area contributed by atoms with E-state index in [0.717, 1.165) is 13.1 Å². The van der Waals surface area contributed by atoms with Gasteiger partial charge in [0.1, 0.15) is 5.15 Å². The molecule has 2 rings (SSSR count). The van der Waals surface area contributed by atoms with Gasteiger partial charge in [-0.05, 0) is 26.0 Å². The molecule has 0 spiro atoms. The van der Waals surface area contributed by atoms with Gasteiger partial charge in [0.05, 0.1) is 18.1 Å². The van der Waals surface area contributed by atoms with Crippen LogP contribution in [0.2, 0.25) is 5.15 Å². The zero-order valence-corrected chi connectivity index (χ0v) is 13.7. The molecule has 0 radical (unpaired) electrons. The summed E-state index contributed by atoms with van der Waals surface area (Å²) < 4.78 is 32.5. The Hall–Kier alpha value is -0.730. The summed E-state index contributed by atoms with van der Waals surface area (Å²) in [5.74, 6) is 0. The van der Waals surface area contributed by atoms with Gasteiger partial charge in [0, 0.05) is 31.4 Å². The van der Waals surface area contributed by atoms with Crippen molar-refractivity contribution in [1.82, 2.24) is 14.6 Å². The number of nitrogens with zero attached hydrogens (tertiary/aromatic N) is 2. The van der Waals surface area contributed by atoms with Gasteiger partial charge in [0.15, 0.2) is 0 Å². The monoisotopic (exact) mass is 333 g/mol. The summed E-state index contributed by atoms with van der Waals surface area (Å²) in [6, 6.07) is 2.77. The van der Waals surface area contributed by atoms with Crippen LogP contribution >= 0.6 is 11.6 Å². The predicted molar refractivity (Wildman–Crippen MR) is 80.9 cm³/mol. The van der Waals surface area contributed by atoms with Gasteiger partial charge < -0.3 is 4.74 Å². The summed E-state index contributed by atoms with van der Waals surface area (Å²) in [5.41, 5.74) is -0.284. The van der Waals surface area contributed by atoms with E-state index in [9.17, 15) is 8.42 Å². The number of ether oxygens (including phenoxy) is 1. The first kappa shape index (κ1) is 16.6. The van der Waals surface area contributed by atoms with Crippen molar-refractivity contribution in [2.75, 3.05) is 32.8 Å². The standard InChI is InChI=1S/C13H20ClN3O3S/c1-13(2,17-5-7-20-8-6-17)10-16-21(18,19)11-3-4-15-12(14)9-11/h3-4,9,16H,5-8,10H2,1-2H3. The minimum absolute atomic E-state index is 0.125. The van der Waals surface area contributed by atoms with Crippen molar-refractivity contribution in [2.24, 2.45) is 0 Å². The zero-order valence-electron chi connectivity index (χ0n) is 12.2. The molecule has 1 N–H and O–H groups in total. The van der Waals surface area contributed by atoms with Crippen LogP contribution < -0.4 is 4.72 Å². The summed E-state index contributed by atoms with van der Waals surface area (Å²) in [4.78, 5) is 6.13. The molecule has 1 fully saturated rings. The van der Waals surface area contributed by atoms with Crippen molar-refractivity contribution in [3.8, 4) is 0 Å². The maximum atomic E-state index is 12.3. The topological polar surface area (TPSA) is 71.5 Å². The first-order valence-electron chi connectivity index (χ1n) is 6.75. The molecule has 1 aromatic rings. The molecule has 0 aromatic carbocycles. The van der Waals surface area contributed by atoms with Crippen LogP contribution in [0.25, 0.3) is 0 Å². The minimum Gasteiger partial charge on any atom is -0.379 e. The summed E-state index contributed by atoms with van der Waals surface area (Å²) in [6.07, 6.45) is 1.38. The minimum atomic E-state index is -3.59. The van der Waals surface area contributed by atoms with Crippen molar-refractivity contribution < 1.29 is 13.2 Å². The van der Waals surface area contributed by atoms with E-state index in [2.05, 4.69) is 14.6 Å². The van der Waals surface area contributed by atoms with Crippen LogP contribution in [0.4, 0.5) is 0 Å². The third-order valence-electron chi connectivity index (χ3n) is 3.57. The second kappa shape index (κ2) is 6.58. The van der Waals surface area contributed by atoms with Gasteiger partial charge in [-0.2, -0.15) is 0 Å². The fourth-order valence-electron chi connectivity index (χ4n) is 2.19. The van der Waals surface area contributed by atoms with Gasteiger partial charge in [0.2, 0.25) is 10.0 Å². The second-order valence-corrected chi connectivity index (χ2v) is 7.70. The molecule has 1 aromatic heterocycles. The van der Waals surface area contributed by atoms with E-state index in [4.69, 9.17) is 16.3 Å². The Balaban J connectivity index is 2.03. The van der Waals surface area contributed by atoms with Crippen molar-refractivity contribution in [3.05, 3.63) is 23.5 Å². The Morgan fingerprint density at radius 1 is 1.43 bits per heavy atom. The molecule has 1 saturated heterocycles. The molecular weight excluding hydrogens is 314 g/mol. The molecule has 0 saturated carbocycles. The Labute approximate surface area is 130 Å². The average molecular weight is 334 g/mol. The second-order valence-electron chi connectivity index (χ2n) is 5.55. The Morgan fingerprint density at radius 2 is 2.10 bits per heavy atom. The van der Waals surface area contributed by atoms with Gasteiger partial charge in [-0.3, -0.25) is 4.90 Å². The number of pyridine rings is 1. The van der Waals surface area contributed by atoms with Gasteiger partial charge in [-0.25, -0.2) is 18.1 Å². The molecule has 8 heteroatoms. The smallest absolute Gasteiger partial charge is 0.240 e. The summed E-state index contributed by atoms with van der Waals surface area (Å²) in [6.45, 7) is 7.30. The lowest BCUT2D eigenvalue weighted by Crippen LogP contribution is -2.55. The highest BCUT2D eigenvalue weighted by atomic mass is 35.5. The first-order chi connectivity index (χ1) is 9.81. The maximum Gasteiger partial charge on any atom is 0.240 e. The fourth-order valence-corrected chi connectivity index (χ4v) is 3.64. The third-order valence-corrected chi connectivity index (χ3v) is 5.18. The quantitative estimate of drug-likeness (QED) is 0.818. The van der Waals surface area contributed by atoms with E-state index in [1.54, 1.807) is 0 Å². The molecule has 21 heavy (non-hydrogen) atoms. The van der Waals surface area contributed by atoms with Crippen LogP contribution in [0.5, 0.6) is 0 Å². The lowest BCUT2D eigenvalue weighted by molar-refractivity contribution is -0.00803. The normalized spacial score (nSPS) is 17.9. The zero-order chi connectivity index (χ0) is 15.5. The SMILES string of the molecule is CC(C)(CNS(=O)(=O)c1ccnc(Cl)c1)N1CCOCC1. The number of hydrogen-bond donors (Lipinski definition) is 1. The van der Waals surface area contributed by atoms with E-state index < -0.39 is 10.0 Å². The molecule has 6 nitrogen and oxygen atoms in total. The fraction of sp³-hybridized carbons (Fsp3) is 0.615. The number of rotatable bonds is 5. The van der Waals surface area contributed by atoms with Gasteiger partial charge >= 0.3 is 0 Å². The van der Waals surface area contributed by atoms with E-state index >= 15 is 0 Å². The number of sulfonamides is 1.